The van der Waals surface area contributed by atoms with Crippen LogP contribution in [0.1, 0.15) is 58.4 Å². The quantitative estimate of drug-likeness (QED) is 0.639. The molecule has 3 heteroatoms. The number of aliphatic hydroxyl groups excluding tert-OH is 1. The van der Waals surface area contributed by atoms with Gasteiger partial charge in [0, 0.05) is 0 Å². The normalized spacial score (nSPS) is 43.6. The molecule has 2 saturated carbocycles. The monoisotopic (exact) mass is 388 g/mol. The van der Waals surface area contributed by atoms with Crippen LogP contribution in [0, 0.1) is 28.6 Å². The maximum absolute atomic E-state index is 10.2. The molecular formula is C26H32N2O. The Labute approximate surface area is 173 Å². The van der Waals surface area contributed by atoms with E-state index in [9.17, 15) is 5.11 Å². The van der Waals surface area contributed by atoms with Crippen LogP contribution in [0.3, 0.4) is 0 Å². The number of hydrogen-bond acceptors (Lipinski definition) is 2. The van der Waals surface area contributed by atoms with Crippen LogP contribution in [0.4, 0.5) is 0 Å². The van der Waals surface area contributed by atoms with Crippen LogP contribution in [0.5, 0.6) is 0 Å². The van der Waals surface area contributed by atoms with Crippen molar-refractivity contribution in [2.75, 3.05) is 0 Å². The number of allylic oxidation sites excluding steroid dienone is 3. The summed E-state index contributed by atoms with van der Waals surface area (Å²) in [4.78, 5) is 4.68. The van der Waals surface area contributed by atoms with Crippen LogP contribution in [0.2, 0.25) is 0 Å². The molecule has 0 saturated heterocycles. The van der Waals surface area contributed by atoms with Gasteiger partial charge in [-0.2, -0.15) is 0 Å². The summed E-state index contributed by atoms with van der Waals surface area (Å²) in [5.41, 5.74) is 4.48. The molecule has 29 heavy (non-hydrogen) atoms. The molecule has 1 N–H and O–H groups in total. The van der Waals surface area contributed by atoms with E-state index in [1.54, 1.807) is 5.57 Å². The van der Waals surface area contributed by atoms with Crippen molar-refractivity contribution in [1.82, 2.24) is 9.55 Å². The SMILES string of the molecule is C[C@]12CCC3C(CC=C4C[C@@H](O)CC[C@@]43C)C1C=CC2n1cnc2ccccc21. The van der Waals surface area contributed by atoms with Gasteiger partial charge >= 0.3 is 0 Å². The minimum absolute atomic E-state index is 0.120. The van der Waals surface area contributed by atoms with Gasteiger partial charge in [-0.05, 0) is 79.2 Å². The van der Waals surface area contributed by atoms with Crippen molar-refractivity contribution in [2.24, 2.45) is 28.6 Å². The molecule has 0 radical (unpaired) electrons. The molecule has 1 aromatic carbocycles. The fourth-order valence-corrected chi connectivity index (χ4v) is 7.69. The van der Waals surface area contributed by atoms with Crippen LogP contribution >= 0.6 is 0 Å². The summed E-state index contributed by atoms with van der Waals surface area (Å²) in [5.74, 6) is 2.12. The first-order valence-electron chi connectivity index (χ1n) is 11.5. The minimum Gasteiger partial charge on any atom is -0.393 e. The van der Waals surface area contributed by atoms with Crippen molar-refractivity contribution < 1.29 is 5.11 Å². The van der Waals surface area contributed by atoms with Crippen LogP contribution in [-0.4, -0.2) is 20.8 Å². The lowest BCUT2D eigenvalue weighted by molar-refractivity contribution is -0.0378. The van der Waals surface area contributed by atoms with E-state index in [0.717, 1.165) is 36.6 Å². The average Bonchev–Trinajstić information content (AvgIpc) is 3.29. The fraction of sp³-hybridized carbons (Fsp3) is 0.577. The maximum atomic E-state index is 10.2. The van der Waals surface area contributed by atoms with Gasteiger partial charge in [0.2, 0.25) is 0 Å². The molecule has 6 rings (SSSR count). The molecule has 0 amide bonds. The molecule has 4 aliphatic rings. The Morgan fingerprint density at radius 2 is 1.97 bits per heavy atom. The Hall–Kier alpha value is -1.87. The molecule has 2 aromatic rings. The second kappa shape index (κ2) is 6.07. The molecule has 2 fully saturated rings. The summed E-state index contributed by atoms with van der Waals surface area (Å²) in [6.07, 6.45) is 16.3. The van der Waals surface area contributed by atoms with E-state index in [1.165, 1.54) is 24.8 Å². The van der Waals surface area contributed by atoms with Crippen molar-refractivity contribution >= 4 is 11.0 Å². The number of nitrogens with zero attached hydrogens (tertiary/aromatic N) is 2. The number of aromatic nitrogens is 2. The van der Waals surface area contributed by atoms with Gasteiger partial charge in [0.15, 0.2) is 0 Å². The van der Waals surface area contributed by atoms with E-state index < -0.39 is 0 Å². The highest BCUT2D eigenvalue weighted by molar-refractivity contribution is 5.75. The maximum Gasteiger partial charge on any atom is 0.0964 e. The lowest BCUT2D eigenvalue weighted by Crippen LogP contribution is -2.50. The highest BCUT2D eigenvalue weighted by atomic mass is 16.3. The molecule has 0 bridgehead atoms. The third-order valence-corrected chi connectivity index (χ3v) is 9.33. The van der Waals surface area contributed by atoms with Crippen LogP contribution in [0.25, 0.3) is 11.0 Å². The van der Waals surface area contributed by atoms with E-state index in [0.29, 0.717) is 17.4 Å². The first-order valence-corrected chi connectivity index (χ1v) is 11.5. The number of imidazole rings is 1. The number of para-hydroxylation sites is 2. The van der Waals surface area contributed by atoms with Gasteiger partial charge in [0.05, 0.1) is 29.5 Å². The van der Waals surface area contributed by atoms with Crippen molar-refractivity contribution in [2.45, 2.75) is 64.5 Å². The van der Waals surface area contributed by atoms with E-state index in [-0.39, 0.29) is 11.5 Å². The average molecular weight is 389 g/mol. The molecule has 4 unspecified atom stereocenters. The standard InChI is InChI=1S/C26H32N2O/c1-25-13-11-18(29)15-17(25)7-8-19-20-9-10-24(26(20,2)14-12-21(19)25)28-16-27-22-5-3-4-6-23(22)28/h3-7,9-10,16,18-21,24,29H,8,11-15H2,1-2H3/t18-,19?,20?,21?,24?,25-,26-/m0/s1. The van der Waals surface area contributed by atoms with Crippen molar-refractivity contribution in [3.8, 4) is 0 Å². The predicted molar refractivity (Wildman–Crippen MR) is 116 cm³/mol. The Bertz CT molecular complexity index is 1020. The van der Waals surface area contributed by atoms with Crippen LogP contribution in [-0.2, 0) is 0 Å². The first kappa shape index (κ1) is 17.9. The number of aliphatic hydroxyl groups is 1. The van der Waals surface area contributed by atoms with Gasteiger partial charge in [0.1, 0.15) is 0 Å². The van der Waals surface area contributed by atoms with Crippen molar-refractivity contribution in [1.29, 1.82) is 0 Å². The number of hydrogen-bond donors (Lipinski definition) is 1. The molecule has 1 aromatic heterocycles. The molecule has 152 valence electrons. The van der Waals surface area contributed by atoms with Gasteiger partial charge in [-0.3, -0.25) is 0 Å². The summed E-state index contributed by atoms with van der Waals surface area (Å²) in [6, 6.07) is 8.93. The Morgan fingerprint density at radius 1 is 1.10 bits per heavy atom. The van der Waals surface area contributed by atoms with Gasteiger partial charge in [-0.15, -0.1) is 0 Å². The highest BCUT2D eigenvalue weighted by Gasteiger charge is 2.57. The lowest BCUT2D eigenvalue weighted by atomic mass is 9.47. The first-order chi connectivity index (χ1) is 14.0. The molecule has 3 nitrogen and oxygen atoms in total. The molecule has 4 aliphatic carbocycles. The summed E-state index contributed by atoms with van der Waals surface area (Å²) in [6.45, 7) is 5.03. The summed E-state index contributed by atoms with van der Waals surface area (Å²) in [5, 5.41) is 10.2. The van der Waals surface area contributed by atoms with Gasteiger partial charge in [0.25, 0.3) is 0 Å². The topological polar surface area (TPSA) is 38.0 Å². The second-order valence-electron chi connectivity index (χ2n) is 10.6. The van der Waals surface area contributed by atoms with Gasteiger partial charge in [-0.1, -0.05) is 49.8 Å². The van der Waals surface area contributed by atoms with Gasteiger partial charge < -0.3 is 9.67 Å². The zero-order valence-electron chi connectivity index (χ0n) is 17.6. The van der Waals surface area contributed by atoms with Crippen LogP contribution < -0.4 is 0 Å². The number of rotatable bonds is 1. The Kier molecular flexibility index (Phi) is 3.76. The van der Waals surface area contributed by atoms with E-state index in [2.05, 4.69) is 72.2 Å². The predicted octanol–water partition coefficient (Wildman–Crippen LogP) is 5.68. The third-order valence-electron chi connectivity index (χ3n) is 9.33. The molecule has 0 aliphatic heterocycles. The number of fused-ring (bicyclic) bond motifs is 6. The van der Waals surface area contributed by atoms with E-state index in [1.807, 2.05) is 0 Å². The highest BCUT2D eigenvalue weighted by Crippen LogP contribution is 2.65. The van der Waals surface area contributed by atoms with Crippen molar-refractivity contribution in [3.05, 3.63) is 54.4 Å². The fourth-order valence-electron chi connectivity index (χ4n) is 7.69. The van der Waals surface area contributed by atoms with Crippen LogP contribution in [0.15, 0.2) is 54.4 Å². The Balaban J connectivity index is 1.36. The lowest BCUT2D eigenvalue weighted by Gasteiger charge is -2.58. The largest absolute Gasteiger partial charge is 0.393 e. The molecule has 1 heterocycles. The zero-order chi connectivity index (χ0) is 19.8. The van der Waals surface area contributed by atoms with E-state index in [4.69, 9.17) is 0 Å². The third kappa shape index (κ3) is 2.37. The zero-order valence-corrected chi connectivity index (χ0v) is 17.6. The smallest absolute Gasteiger partial charge is 0.0964 e. The summed E-state index contributed by atoms with van der Waals surface area (Å²) < 4.78 is 2.43. The summed E-state index contributed by atoms with van der Waals surface area (Å²) >= 11 is 0. The van der Waals surface area contributed by atoms with Gasteiger partial charge in [-0.25, -0.2) is 4.98 Å². The number of benzene rings is 1. The summed E-state index contributed by atoms with van der Waals surface area (Å²) in [7, 11) is 0. The molecular weight excluding hydrogens is 356 g/mol. The molecule has 0 spiro atoms. The second-order valence-corrected chi connectivity index (χ2v) is 10.6. The Morgan fingerprint density at radius 3 is 2.86 bits per heavy atom. The molecule has 7 atom stereocenters. The minimum atomic E-state index is -0.120. The van der Waals surface area contributed by atoms with Crippen molar-refractivity contribution in [3.63, 3.8) is 0 Å². The van der Waals surface area contributed by atoms with E-state index >= 15 is 0 Å².